The molecule has 1 aliphatic rings. The summed E-state index contributed by atoms with van der Waals surface area (Å²) in [5, 5.41) is 12.6. The minimum Gasteiger partial charge on any atom is -0.337 e. The quantitative estimate of drug-likeness (QED) is 0.369. The second kappa shape index (κ2) is 10.3. The molecule has 0 radical (unpaired) electrons. The van der Waals surface area contributed by atoms with Crippen molar-refractivity contribution in [3.63, 3.8) is 0 Å². The summed E-state index contributed by atoms with van der Waals surface area (Å²) in [5.41, 5.74) is 4.99. The lowest BCUT2D eigenvalue weighted by molar-refractivity contribution is -0.113. The highest BCUT2D eigenvalue weighted by molar-refractivity contribution is 7.99. The highest BCUT2D eigenvalue weighted by Crippen LogP contribution is 2.25. The molecule has 7 nitrogen and oxygen atoms in total. The third kappa shape index (κ3) is 5.22. The number of amides is 1. The molecule has 0 fully saturated rings. The largest absolute Gasteiger partial charge is 0.337 e. The van der Waals surface area contributed by atoms with Crippen LogP contribution in [0.2, 0.25) is 0 Å². The van der Waals surface area contributed by atoms with Crippen molar-refractivity contribution in [2.75, 3.05) is 11.1 Å². The molecule has 0 saturated heterocycles. The van der Waals surface area contributed by atoms with Gasteiger partial charge in [0.25, 0.3) is 0 Å². The molecule has 0 atom stereocenters. The second-order valence-corrected chi connectivity index (χ2v) is 9.56. The van der Waals surface area contributed by atoms with Crippen molar-refractivity contribution >= 4 is 23.4 Å². The molecule has 1 aliphatic heterocycles. The lowest BCUT2D eigenvalue weighted by Crippen LogP contribution is -2.14. The zero-order valence-electron chi connectivity index (χ0n) is 19.3. The second-order valence-electron chi connectivity index (χ2n) is 8.60. The maximum Gasteiger partial charge on any atom is 0.234 e. The van der Waals surface area contributed by atoms with E-state index in [-0.39, 0.29) is 11.7 Å². The first-order chi connectivity index (χ1) is 16.7. The van der Waals surface area contributed by atoms with Gasteiger partial charge in [-0.3, -0.25) is 4.79 Å². The number of aryl methyl sites for hydroxylation is 2. The minimum atomic E-state index is -0.0686. The van der Waals surface area contributed by atoms with Crippen molar-refractivity contribution in [2.45, 2.75) is 50.7 Å². The smallest absolute Gasteiger partial charge is 0.234 e. The van der Waals surface area contributed by atoms with E-state index in [1.54, 1.807) is 0 Å². The van der Waals surface area contributed by atoms with E-state index in [4.69, 9.17) is 0 Å². The molecule has 2 aromatic carbocycles. The number of carbonyl (C=O) groups is 1. The summed E-state index contributed by atoms with van der Waals surface area (Å²) >= 11 is 1.41. The van der Waals surface area contributed by atoms with Crippen LogP contribution in [0.4, 0.5) is 5.69 Å². The number of nitrogens with one attached hydrogen (secondary N) is 2. The number of aromatic amines is 1. The number of benzene rings is 2. The predicted molar refractivity (Wildman–Crippen MR) is 135 cm³/mol. The molecule has 3 heterocycles. The Hall–Kier alpha value is -3.39. The van der Waals surface area contributed by atoms with E-state index in [9.17, 15) is 4.79 Å². The topological polar surface area (TPSA) is 88.5 Å². The van der Waals surface area contributed by atoms with Gasteiger partial charge in [-0.15, -0.1) is 10.2 Å². The first kappa shape index (κ1) is 22.4. The molecule has 0 aliphatic carbocycles. The van der Waals surface area contributed by atoms with Gasteiger partial charge < -0.3 is 14.9 Å². The fraction of sp³-hybridized carbons (Fsp3) is 0.308. The average molecular weight is 473 g/mol. The number of anilines is 1. The summed E-state index contributed by atoms with van der Waals surface area (Å²) in [6.07, 6.45) is 5.27. The van der Waals surface area contributed by atoms with E-state index < -0.39 is 0 Å². The van der Waals surface area contributed by atoms with Crippen LogP contribution in [0.15, 0.2) is 59.8 Å². The molecule has 0 spiro atoms. The van der Waals surface area contributed by atoms with Crippen LogP contribution in [-0.2, 0) is 24.2 Å². The molecule has 0 unspecified atom stereocenters. The number of thioether (sulfide) groups is 1. The SMILES string of the molecule is Cc1[nH]c(SCC(=O)Nc2cccc(-c3nnc4n3CCCCC4)c2)nc1Cc1ccccc1. The molecule has 174 valence electrons. The van der Waals surface area contributed by atoms with Crippen LogP contribution in [0.5, 0.6) is 0 Å². The lowest BCUT2D eigenvalue weighted by atomic mass is 10.1. The van der Waals surface area contributed by atoms with Crippen LogP contribution in [0, 0.1) is 6.92 Å². The minimum absolute atomic E-state index is 0.0686. The molecule has 0 bridgehead atoms. The molecule has 4 aromatic rings. The van der Waals surface area contributed by atoms with Gasteiger partial charge in [0.2, 0.25) is 5.91 Å². The van der Waals surface area contributed by atoms with Crippen molar-refractivity contribution in [3.05, 3.63) is 77.4 Å². The lowest BCUT2D eigenvalue weighted by Gasteiger charge is -2.09. The number of H-pyrrole nitrogens is 1. The Bertz CT molecular complexity index is 1280. The number of hydrogen-bond donors (Lipinski definition) is 2. The molecule has 2 aromatic heterocycles. The first-order valence-corrected chi connectivity index (χ1v) is 12.7. The standard InChI is InChI=1S/C26H28N6OS/c1-18-22(15-19-9-4-2-5-10-19)29-26(27-18)34-17-24(33)28-21-12-8-11-20(16-21)25-31-30-23-13-6-3-7-14-32(23)25/h2,4-5,8-12,16H,3,6-7,13-15,17H2,1H3,(H,27,29)(H,28,33). The predicted octanol–water partition coefficient (Wildman–Crippen LogP) is 5.02. The summed E-state index contributed by atoms with van der Waals surface area (Å²) < 4.78 is 2.22. The molecule has 34 heavy (non-hydrogen) atoms. The van der Waals surface area contributed by atoms with Crippen LogP contribution < -0.4 is 5.32 Å². The van der Waals surface area contributed by atoms with Gasteiger partial charge in [-0.25, -0.2) is 4.98 Å². The van der Waals surface area contributed by atoms with E-state index in [1.807, 2.05) is 49.4 Å². The van der Waals surface area contributed by atoms with Gasteiger partial charge in [0.15, 0.2) is 11.0 Å². The van der Waals surface area contributed by atoms with Crippen molar-refractivity contribution in [2.24, 2.45) is 0 Å². The maximum absolute atomic E-state index is 12.6. The van der Waals surface area contributed by atoms with Crippen LogP contribution in [0.1, 0.15) is 42.0 Å². The third-order valence-electron chi connectivity index (χ3n) is 6.03. The van der Waals surface area contributed by atoms with Crippen molar-refractivity contribution in [3.8, 4) is 11.4 Å². The summed E-state index contributed by atoms with van der Waals surface area (Å²) in [7, 11) is 0. The van der Waals surface area contributed by atoms with Crippen molar-refractivity contribution in [1.82, 2.24) is 24.7 Å². The van der Waals surface area contributed by atoms with E-state index in [0.717, 1.165) is 71.7 Å². The molecule has 8 heteroatoms. The monoisotopic (exact) mass is 472 g/mol. The molecule has 2 N–H and O–H groups in total. The van der Waals surface area contributed by atoms with Crippen LogP contribution in [0.3, 0.4) is 0 Å². The van der Waals surface area contributed by atoms with E-state index in [1.165, 1.54) is 23.7 Å². The fourth-order valence-electron chi connectivity index (χ4n) is 4.26. The Morgan fingerprint density at radius 2 is 1.97 bits per heavy atom. The maximum atomic E-state index is 12.6. The molecular formula is C26H28N6OS. The Balaban J connectivity index is 1.21. The zero-order chi connectivity index (χ0) is 23.3. The van der Waals surface area contributed by atoms with Crippen LogP contribution in [-0.4, -0.2) is 36.4 Å². The number of rotatable bonds is 7. The van der Waals surface area contributed by atoms with Gasteiger partial charge in [-0.05, 0) is 37.5 Å². The Morgan fingerprint density at radius 1 is 1.09 bits per heavy atom. The van der Waals surface area contributed by atoms with Crippen LogP contribution >= 0.6 is 11.8 Å². The Morgan fingerprint density at radius 3 is 2.85 bits per heavy atom. The van der Waals surface area contributed by atoms with Gasteiger partial charge in [0.1, 0.15) is 5.82 Å². The van der Waals surface area contributed by atoms with Gasteiger partial charge >= 0.3 is 0 Å². The number of aromatic nitrogens is 5. The normalized spacial score (nSPS) is 13.3. The van der Waals surface area contributed by atoms with E-state index in [0.29, 0.717) is 0 Å². The van der Waals surface area contributed by atoms with Gasteiger partial charge in [-0.2, -0.15) is 0 Å². The number of carbonyl (C=O) groups excluding carboxylic acids is 1. The highest BCUT2D eigenvalue weighted by atomic mass is 32.2. The van der Waals surface area contributed by atoms with Crippen molar-refractivity contribution < 1.29 is 4.79 Å². The van der Waals surface area contributed by atoms with E-state index in [2.05, 4.69) is 42.2 Å². The molecule has 1 amide bonds. The number of imidazole rings is 1. The van der Waals surface area contributed by atoms with Crippen molar-refractivity contribution in [1.29, 1.82) is 0 Å². The third-order valence-corrected chi connectivity index (χ3v) is 6.91. The highest BCUT2D eigenvalue weighted by Gasteiger charge is 2.17. The number of hydrogen-bond acceptors (Lipinski definition) is 5. The zero-order valence-corrected chi connectivity index (χ0v) is 20.1. The Kier molecular flexibility index (Phi) is 6.76. The van der Waals surface area contributed by atoms with Gasteiger partial charge in [0, 0.05) is 36.3 Å². The van der Waals surface area contributed by atoms with Gasteiger partial charge in [0.05, 0.1) is 11.4 Å². The van der Waals surface area contributed by atoms with Gasteiger partial charge in [-0.1, -0.05) is 60.6 Å². The average Bonchev–Trinajstić information content (AvgIpc) is 3.32. The summed E-state index contributed by atoms with van der Waals surface area (Å²) in [6, 6.07) is 18.1. The first-order valence-electron chi connectivity index (χ1n) is 11.7. The van der Waals surface area contributed by atoms with E-state index >= 15 is 0 Å². The number of nitrogens with zero attached hydrogens (tertiary/aromatic N) is 4. The molecule has 5 rings (SSSR count). The summed E-state index contributed by atoms with van der Waals surface area (Å²) in [5.74, 6) is 2.14. The summed E-state index contributed by atoms with van der Waals surface area (Å²) in [4.78, 5) is 20.6. The number of fused-ring (bicyclic) bond motifs is 1. The molecule has 0 saturated carbocycles. The van der Waals surface area contributed by atoms with Crippen LogP contribution in [0.25, 0.3) is 11.4 Å². The summed E-state index contributed by atoms with van der Waals surface area (Å²) in [6.45, 7) is 2.96. The molecular weight excluding hydrogens is 444 g/mol. The Labute approximate surface area is 203 Å². The fourth-order valence-corrected chi connectivity index (χ4v) is 5.00.